The van der Waals surface area contributed by atoms with Crippen LogP contribution in [-0.2, 0) is 10.8 Å². The molecule has 0 bridgehead atoms. The molecule has 3 nitrogen and oxygen atoms in total. The van der Waals surface area contributed by atoms with E-state index in [1.54, 1.807) is 0 Å². The van der Waals surface area contributed by atoms with E-state index in [2.05, 4.69) is 231 Å². The standard InChI is InChI=1S/C56H47N3/c1-55(2,3)38-23-29-52-47(33-38)45-31-36(21-27-50(45)57(52)40-15-9-7-10-16-40)37-22-28-51-46(32-37)48-34-39(56(4,5)6)24-30-53(48)59(51)42-25-26-44-43-19-13-14-20-49(43)58(54(44)35-42)41-17-11-8-12-18-41/h7-35H,1-6H3. The molecule has 59 heavy (non-hydrogen) atoms. The van der Waals surface area contributed by atoms with Crippen molar-refractivity contribution < 1.29 is 0 Å². The molecule has 0 saturated carbocycles. The predicted molar refractivity (Wildman–Crippen MR) is 252 cm³/mol. The van der Waals surface area contributed by atoms with Gasteiger partial charge < -0.3 is 13.7 Å². The van der Waals surface area contributed by atoms with Gasteiger partial charge in [-0.25, -0.2) is 0 Å². The van der Waals surface area contributed by atoms with Crippen molar-refractivity contribution in [2.75, 3.05) is 0 Å². The molecule has 0 spiro atoms. The quantitative estimate of drug-likeness (QED) is 0.170. The van der Waals surface area contributed by atoms with Crippen LogP contribution in [0.3, 0.4) is 0 Å². The summed E-state index contributed by atoms with van der Waals surface area (Å²) in [7, 11) is 0. The first kappa shape index (κ1) is 35.3. The van der Waals surface area contributed by atoms with Gasteiger partial charge in [-0.05, 0) is 124 Å². The molecule has 286 valence electrons. The third-order valence-corrected chi connectivity index (χ3v) is 12.5. The lowest BCUT2D eigenvalue weighted by Gasteiger charge is -2.19. The highest BCUT2D eigenvalue weighted by atomic mass is 15.0. The molecule has 0 amide bonds. The van der Waals surface area contributed by atoms with E-state index in [0.29, 0.717) is 0 Å². The van der Waals surface area contributed by atoms with Crippen LogP contribution in [0.15, 0.2) is 176 Å². The highest BCUT2D eigenvalue weighted by Gasteiger charge is 2.22. The summed E-state index contributed by atoms with van der Waals surface area (Å²) >= 11 is 0. The molecule has 11 aromatic rings. The minimum atomic E-state index is 0.0136. The van der Waals surface area contributed by atoms with Crippen LogP contribution in [0.25, 0.3) is 93.6 Å². The van der Waals surface area contributed by atoms with E-state index in [1.807, 2.05) is 0 Å². The Balaban J connectivity index is 1.14. The number of para-hydroxylation sites is 3. The smallest absolute Gasteiger partial charge is 0.0561 e. The second-order valence-electron chi connectivity index (χ2n) is 18.3. The van der Waals surface area contributed by atoms with Gasteiger partial charge in [0.05, 0.1) is 33.1 Å². The van der Waals surface area contributed by atoms with E-state index >= 15 is 0 Å². The SMILES string of the molecule is CC(C)(C)c1ccc2c(c1)c1cc(-c3ccc4c(c3)c3cc(C(C)(C)C)ccc3n4-c3ccc4c5ccccc5n(-c5ccccc5)c4c3)ccc1n2-c1ccccc1. The highest BCUT2D eigenvalue weighted by Crippen LogP contribution is 2.42. The predicted octanol–water partition coefficient (Wildman–Crippen LogP) is 15.2. The van der Waals surface area contributed by atoms with Crippen LogP contribution in [0.2, 0.25) is 0 Å². The maximum Gasteiger partial charge on any atom is 0.0561 e. The molecule has 0 fully saturated rings. The molecule has 0 unspecified atom stereocenters. The molecule has 3 heteroatoms. The monoisotopic (exact) mass is 761 g/mol. The molecular weight excluding hydrogens is 715 g/mol. The first-order valence-electron chi connectivity index (χ1n) is 20.9. The second kappa shape index (κ2) is 12.8. The maximum absolute atomic E-state index is 2.47. The molecule has 3 heterocycles. The highest BCUT2D eigenvalue weighted by molar-refractivity contribution is 6.14. The fourth-order valence-electron chi connectivity index (χ4n) is 9.43. The Morgan fingerprint density at radius 2 is 0.661 bits per heavy atom. The first-order valence-corrected chi connectivity index (χ1v) is 20.9. The largest absolute Gasteiger partial charge is 0.309 e. The van der Waals surface area contributed by atoms with Crippen LogP contribution in [0, 0.1) is 0 Å². The lowest BCUT2D eigenvalue weighted by molar-refractivity contribution is 0.591. The summed E-state index contributed by atoms with van der Waals surface area (Å²) in [5, 5.41) is 7.60. The van der Waals surface area contributed by atoms with Crippen molar-refractivity contribution in [3.8, 4) is 28.2 Å². The summed E-state index contributed by atoms with van der Waals surface area (Å²) in [6.07, 6.45) is 0. The van der Waals surface area contributed by atoms with Gasteiger partial charge in [0.2, 0.25) is 0 Å². The summed E-state index contributed by atoms with van der Waals surface area (Å²) in [6.45, 7) is 13.8. The zero-order valence-electron chi connectivity index (χ0n) is 34.6. The Morgan fingerprint density at radius 3 is 1.17 bits per heavy atom. The Bertz CT molecular complexity index is 3430. The van der Waals surface area contributed by atoms with Gasteiger partial charge in [0.15, 0.2) is 0 Å². The summed E-state index contributed by atoms with van der Waals surface area (Å²) < 4.78 is 7.30. The minimum absolute atomic E-state index is 0.0136. The van der Waals surface area contributed by atoms with Crippen LogP contribution >= 0.6 is 0 Å². The molecule has 0 saturated heterocycles. The Kier molecular flexibility index (Phi) is 7.68. The van der Waals surface area contributed by atoms with Gasteiger partial charge in [-0.1, -0.05) is 126 Å². The number of aromatic nitrogens is 3. The van der Waals surface area contributed by atoms with Crippen molar-refractivity contribution in [3.05, 3.63) is 187 Å². The van der Waals surface area contributed by atoms with Gasteiger partial charge in [-0.15, -0.1) is 0 Å². The average molecular weight is 762 g/mol. The van der Waals surface area contributed by atoms with Crippen molar-refractivity contribution in [3.63, 3.8) is 0 Å². The van der Waals surface area contributed by atoms with Gasteiger partial charge in [0, 0.05) is 49.4 Å². The topological polar surface area (TPSA) is 14.8 Å². The maximum atomic E-state index is 2.47. The van der Waals surface area contributed by atoms with Gasteiger partial charge in [-0.3, -0.25) is 0 Å². The number of hydrogen-bond donors (Lipinski definition) is 0. The summed E-state index contributed by atoms with van der Waals surface area (Å²) in [5.41, 5.74) is 15.9. The Hall–Kier alpha value is -6.84. The fraction of sp³-hybridized carbons (Fsp3) is 0.143. The summed E-state index contributed by atoms with van der Waals surface area (Å²) in [4.78, 5) is 0. The van der Waals surface area contributed by atoms with Crippen molar-refractivity contribution in [1.82, 2.24) is 13.7 Å². The van der Waals surface area contributed by atoms with Crippen molar-refractivity contribution in [1.29, 1.82) is 0 Å². The van der Waals surface area contributed by atoms with E-state index in [0.717, 1.165) is 11.4 Å². The molecule has 3 aromatic heterocycles. The lowest BCUT2D eigenvalue weighted by atomic mass is 9.86. The molecule has 8 aromatic carbocycles. The van der Waals surface area contributed by atoms with Crippen molar-refractivity contribution in [2.45, 2.75) is 52.4 Å². The minimum Gasteiger partial charge on any atom is -0.309 e. The van der Waals surface area contributed by atoms with E-state index in [-0.39, 0.29) is 10.8 Å². The summed E-state index contributed by atoms with van der Waals surface area (Å²) in [6, 6.07) is 65.5. The molecular formula is C56H47N3. The molecule has 0 aliphatic carbocycles. The lowest BCUT2D eigenvalue weighted by Crippen LogP contribution is -2.10. The fourth-order valence-corrected chi connectivity index (χ4v) is 9.43. The van der Waals surface area contributed by atoms with Crippen LogP contribution in [0.1, 0.15) is 52.7 Å². The van der Waals surface area contributed by atoms with Crippen molar-refractivity contribution >= 4 is 65.4 Å². The van der Waals surface area contributed by atoms with Crippen LogP contribution in [-0.4, -0.2) is 13.7 Å². The number of hydrogen-bond acceptors (Lipinski definition) is 0. The van der Waals surface area contributed by atoms with E-state index in [9.17, 15) is 0 Å². The van der Waals surface area contributed by atoms with Crippen molar-refractivity contribution in [2.24, 2.45) is 0 Å². The van der Waals surface area contributed by atoms with Gasteiger partial charge in [0.25, 0.3) is 0 Å². The zero-order valence-corrected chi connectivity index (χ0v) is 34.6. The third-order valence-electron chi connectivity index (χ3n) is 12.5. The number of nitrogens with zero attached hydrogens (tertiary/aromatic N) is 3. The Labute approximate surface area is 345 Å². The van der Waals surface area contributed by atoms with E-state index in [1.165, 1.54) is 93.4 Å². The number of fused-ring (bicyclic) bond motifs is 9. The number of benzene rings is 8. The van der Waals surface area contributed by atoms with Crippen LogP contribution in [0.4, 0.5) is 0 Å². The van der Waals surface area contributed by atoms with Crippen LogP contribution in [0.5, 0.6) is 0 Å². The Morgan fingerprint density at radius 1 is 0.271 bits per heavy atom. The molecule has 0 atom stereocenters. The van der Waals surface area contributed by atoms with Gasteiger partial charge in [-0.2, -0.15) is 0 Å². The molecule has 0 aliphatic heterocycles. The first-order chi connectivity index (χ1) is 28.5. The van der Waals surface area contributed by atoms with E-state index < -0.39 is 0 Å². The normalized spacial score (nSPS) is 12.6. The van der Waals surface area contributed by atoms with Gasteiger partial charge in [0.1, 0.15) is 0 Å². The molecule has 0 aliphatic rings. The average Bonchev–Trinajstić information content (AvgIpc) is 3.88. The van der Waals surface area contributed by atoms with E-state index in [4.69, 9.17) is 0 Å². The molecule has 11 rings (SSSR count). The van der Waals surface area contributed by atoms with Crippen LogP contribution < -0.4 is 0 Å². The number of rotatable bonds is 4. The zero-order chi connectivity index (χ0) is 40.2. The molecule has 0 N–H and O–H groups in total. The molecule has 0 radical (unpaired) electrons. The summed E-state index contributed by atoms with van der Waals surface area (Å²) in [5.74, 6) is 0. The third kappa shape index (κ3) is 5.56. The van der Waals surface area contributed by atoms with Gasteiger partial charge >= 0.3 is 0 Å². The second-order valence-corrected chi connectivity index (χ2v) is 18.3.